The normalized spacial score (nSPS) is 11.9. The zero-order valence-electron chi connectivity index (χ0n) is 12.8. The molecule has 122 valence electrons. The fourth-order valence-corrected chi connectivity index (χ4v) is 2.04. The summed E-state index contributed by atoms with van der Waals surface area (Å²) < 4.78 is 0. The van der Waals surface area contributed by atoms with Gasteiger partial charge in [0.05, 0.1) is 0 Å². The molecule has 0 saturated carbocycles. The maximum absolute atomic E-state index is 11.7. The number of hydrogen-bond donors (Lipinski definition) is 3. The molecule has 3 N–H and O–H groups in total. The second-order valence-corrected chi connectivity index (χ2v) is 5.26. The first-order valence-corrected chi connectivity index (χ1v) is 7.71. The average Bonchev–Trinajstić information content (AvgIpc) is 2.41. The van der Waals surface area contributed by atoms with E-state index in [1.165, 1.54) is 0 Å². The van der Waals surface area contributed by atoms with E-state index in [1.807, 2.05) is 6.92 Å². The predicted octanol–water partition coefficient (Wildman–Crippen LogP) is 2.56. The Hall–Kier alpha value is -1.59. The number of carbonyl (C=O) groups is 3. The molecule has 0 radical (unpaired) electrons. The highest BCUT2D eigenvalue weighted by Gasteiger charge is 2.18. The summed E-state index contributed by atoms with van der Waals surface area (Å²) in [5.41, 5.74) is 0. The Morgan fingerprint density at radius 2 is 1.52 bits per heavy atom. The molecule has 0 aliphatic heterocycles. The van der Waals surface area contributed by atoms with Crippen LogP contribution in [0.3, 0.4) is 0 Å². The molecule has 6 nitrogen and oxygen atoms in total. The highest BCUT2D eigenvalue weighted by Crippen LogP contribution is 2.07. The fraction of sp³-hybridized carbons (Fsp3) is 0.800. The van der Waals surface area contributed by atoms with Gasteiger partial charge in [0.25, 0.3) is 0 Å². The minimum Gasteiger partial charge on any atom is -0.481 e. The van der Waals surface area contributed by atoms with Gasteiger partial charge < -0.3 is 15.5 Å². The van der Waals surface area contributed by atoms with Gasteiger partial charge in [-0.1, -0.05) is 39.0 Å². The van der Waals surface area contributed by atoms with Crippen LogP contribution in [0.15, 0.2) is 0 Å². The molecule has 21 heavy (non-hydrogen) atoms. The Balaban J connectivity index is 3.77. The van der Waals surface area contributed by atoms with E-state index in [0.29, 0.717) is 25.7 Å². The molecule has 0 heterocycles. The largest absolute Gasteiger partial charge is 0.481 e. The number of carboxylic acid groups (broad SMARTS) is 2. The van der Waals surface area contributed by atoms with Crippen molar-refractivity contribution in [2.45, 2.75) is 77.2 Å². The van der Waals surface area contributed by atoms with Gasteiger partial charge in [-0.2, -0.15) is 0 Å². The van der Waals surface area contributed by atoms with Crippen LogP contribution in [-0.4, -0.2) is 34.1 Å². The Kier molecular flexibility index (Phi) is 11.3. The Bertz CT molecular complexity index is 330. The number of carboxylic acids is 2. The molecule has 0 spiro atoms. The number of amides is 1. The van der Waals surface area contributed by atoms with Crippen molar-refractivity contribution in [2.24, 2.45) is 0 Å². The lowest BCUT2D eigenvalue weighted by molar-refractivity contribution is -0.142. The van der Waals surface area contributed by atoms with Crippen LogP contribution >= 0.6 is 0 Å². The zero-order chi connectivity index (χ0) is 16.1. The maximum Gasteiger partial charge on any atom is 0.326 e. The third kappa shape index (κ3) is 11.9. The minimum absolute atomic E-state index is 0.157. The molecule has 0 rings (SSSR count). The standard InChI is InChI=1S/C15H27NO5/c1-2-3-6-9-12(15(20)21)16-13(17)10-7-4-5-8-11-14(18)19/h12H,2-11H2,1H3,(H,16,17)(H,18,19)(H,20,21)/t12-/m0/s1. The summed E-state index contributed by atoms with van der Waals surface area (Å²) in [7, 11) is 0. The summed E-state index contributed by atoms with van der Waals surface area (Å²) in [4.78, 5) is 33.0. The van der Waals surface area contributed by atoms with Crippen molar-refractivity contribution >= 4 is 17.8 Å². The maximum atomic E-state index is 11.7. The van der Waals surface area contributed by atoms with Crippen LogP contribution in [0.4, 0.5) is 0 Å². The van der Waals surface area contributed by atoms with Gasteiger partial charge in [-0.15, -0.1) is 0 Å². The molecule has 6 heteroatoms. The van der Waals surface area contributed by atoms with Crippen LogP contribution in [0.2, 0.25) is 0 Å². The van der Waals surface area contributed by atoms with Crippen molar-refractivity contribution in [1.29, 1.82) is 0 Å². The van der Waals surface area contributed by atoms with Crippen molar-refractivity contribution in [3.05, 3.63) is 0 Å². The summed E-state index contributed by atoms with van der Waals surface area (Å²) >= 11 is 0. The summed E-state index contributed by atoms with van der Waals surface area (Å²) in [6, 6.07) is -0.795. The van der Waals surface area contributed by atoms with E-state index >= 15 is 0 Å². The number of aliphatic carboxylic acids is 2. The molecule has 0 aromatic rings. The van der Waals surface area contributed by atoms with Gasteiger partial charge in [0.15, 0.2) is 0 Å². The molecule has 0 fully saturated rings. The van der Waals surface area contributed by atoms with E-state index < -0.39 is 18.0 Å². The summed E-state index contributed by atoms with van der Waals surface area (Å²) in [5, 5.41) is 20.1. The molecule has 0 saturated heterocycles. The number of nitrogens with one attached hydrogen (secondary N) is 1. The second kappa shape index (κ2) is 12.2. The minimum atomic E-state index is -0.985. The summed E-state index contributed by atoms with van der Waals surface area (Å²) in [5.74, 6) is -2.03. The molecule has 0 aromatic heterocycles. The fourth-order valence-electron chi connectivity index (χ4n) is 2.04. The van der Waals surface area contributed by atoms with Gasteiger partial charge in [0.2, 0.25) is 5.91 Å². The lowest BCUT2D eigenvalue weighted by Gasteiger charge is -2.14. The van der Waals surface area contributed by atoms with E-state index in [2.05, 4.69) is 5.32 Å². The second-order valence-electron chi connectivity index (χ2n) is 5.26. The Morgan fingerprint density at radius 3 is 2.05 bits per heavy atom. The Labute approximate surface area is 125 Å². The molecule has 1 amide bonds. The lowest BCUT2D eigenvalue weighted by atomic mass is 10.1. The molecule has 0 aromatic carbocycles. The van der Waals surface area contributed by atoms with Gasteiger partial charge in [-0.05, 0) is 19.3 Å². The highest BCUT2D eigenvalue weighted by atomic mass is 16.4. The van der Waals surface area contributed by atoms with E-state index in [9.17, 15) is 14.4 Å². The number of hydrogen-bond acceptors (Lipinski definition) is 3. The molecular formula is C15H27NO5. The zero-order valence-corrected chi connectivity index (χ0v) is 12.8. The van der Waals surface area contributed by atoms with E-state index in [1.54, 1.807) is 0 Å². The topological polar surface area (TPSA) is 104 Å². The van der Waals surface area contributed by atoms with E-state index in [0.717, 1.165) is 32.1 Å². The van der Waals surface area contributed by atoms with E-state index in [4.69, 9.17) is 10.2 Å². The quantitative estimate of drug-likeness (QED) is 0.454. The first kappa shape index (κ1) is 19.4. The van der Waals surface area contributed by atoms with Gasteiger partial charge >= 0.3 is 11.9 Å². The molecule has 0 aliphatic carbocycles. The van der Waals surface area contributed by atoms with Crippen molar-refractivity contribution in [2.75, 3.05) is 0 Å². The Morgan fingerprint density at radius 1 is 0.905 bits per heavy atom. The number of carbonyl (C=O) groups excluding carboxylic acids is 1. The molecule has 0 aliphatic rings. The SMILES string of the molecule is CCCCC[C@H](NC(=O)CCCCCCC(=O)O)C(=O)O. The summed E-state index contributed by atoms with van der Waals surface area (Å²) in [6.07, 6.45) is 6.52. The smallest absolute Gasteiger partial charge is 0.326 e. The van der Waals surface area contributed by atoms with Crippen molar-refractivity contribution in [3.63, 3.8) is 0 Å². The van der Waals surface area contributed by atoms with Crippen molar-refractivity contribution in [1.82, 2.24) is 5.32 Å². The van der Waals surface area contributed by atoms with Gasteiger partial charge in [0, 0.05) is 12.8 Å². The predicted molar refractivity (Wildman–Crippen MR) is 79.0 cm³/mol. The van der Waals surface area contributed by atoms with Crippen molar-refractivity contribution < 1.29 is 24.6 Å². The monoisotopic (exact) mass is 301 g/mol. The van der Waals surface area contributed by atoms with Crippen LogP contribution in [0.25, 0.3) is 0 Å². The molecule has 0 unspecified atom stereocenters. The highest BCUT2D eigenvalue weighted by molar-refractivity contribution is 5.83. The van der Waals surface area contributed by atoms with Gasteiger partial charge in [-0.3, -0.25) is 9.59 Å². The van der Waals surface area contributed by atoms with Crippen LogP contribution in [0.5, 0.6) is 0 Å². The number of unbranched alkanes of at least 4 members (excludes halogenated alkanes) is 5. The number of rotatable bonds is 13. The van der Waals surface area contributed by atoms with Crippen LogP contribution in [0.1, 0.15) is 71.1 Å². The summed E-state index contributed by atoms with van der Waals surface area (Å²) in [6.45, 7) is 2.04. The average molecular weight is 301 g/mol. The third-order valence-corrected chi connectivity index (χ3v) is 3.27. The van der Waals surface area contributed by atoms with Crippen LogP contribution < -0.4 is 5.32 Å². The first-order valence-electron chi connectivity index (χ1n) is 7.71. The van der Waals surface area contributed by atoms with E-state index in [-0.39, 0.29) is 12.3 Å². The van der Waals surface area contributed by atoms with Crippen LogP contribution in [0, 0.1) is 0 Å². The first-order chi connectivity index (χ1) is 9.97. The van der Waals surface area contributed by atoms with Crippen LogP contribution in [-0.2, 0) is 14.4 Å². The lowest BCUT2D eigenvalue weighted by Crippen LogP contribution is -2.40. The molecular weight excluding hydrogens is 274 g/mol. The van der Waals surface area contributed by atoms with Crippen molar-refractivity contribution in [3.8, 4) is 0 Å². The molecule has 1 atom stereocenters. The third-order valence-electron chi connectivity index (χ3n) is 3.27. The van der Waals surface area contributed by atoms with Gasteiger partial charge in [0.1, 0.15) is 6.04 Å². The molecule has 0 bridgehead atoms. The van der Waals surface area contributed by atoms with Gasteiger partial charge in [-0.25, -0.2) is 4.79 Å².